The molecule has 0 spiro atoms. The smallest absolute Gasteiger partial charge is 0.260 e. The fourth-order valence-corrected chi connectivity index (χ4v) is 6.45. The zero-order valence-corrected chi connectivity index (χ0v) is 21.8. The third kappa shape index (κ3) is 4.59. The molecule has 1 aliphatic carbocycles. The van der Waals surface area contributed by atoms with Crippen molar-refractivity contribution in [3.05, 3.63) is 77.6 Å². The zero-order chi connectivity index (χ0) is 25.4. The summed E-state index contributed by atoms with van der Waals surface area (Å²) in [7, 11) is -0.400. The highest BCUT2D eigenvalue weighted by molar-refractivity contribution is 7.89. The molecular formula is C26H26N4O4S2. The molecule has 36 heavy (non-hydrogen) atoms. The first kappa shape index (κ1) is 24.4. The summed E-state index contributed by atoms with van der Waals surface area (Å²) in [5, 5.41) is 0.512. The maximum atomic E-state index is 13.8. The number of nitrogens with zero attached hydrogens (tertiary/aromatic N) is 4. The Labute approximate surface area is 214 Å². The van der Waals surface area contributed by atoms with E-state index in [2.05, 4.69) is 4.98 Å². The van der Waals surface area contributed by atoms with Gasteiger partial charge in [0.05, 0.1) is 28.9 Å². The number of hydrogen-bond donors (Lipinski definition) is 0. The molecule has 2 aromatic heterocycles. The quantitative estimate of drug-likeness (QED) is 0.335. The number of methoxy groups -OCH3 is 1. The molecule has 1 fully saturated rings. The molecule has 2 aromatic carbocycles. The van der Waals surface area contributed by atoms with Crippen LogP contribution in [0.5, 0.6) is 5.75 Å². The minimum Gasteiger partial charge on any atom is -0.494 e. The number of thiazole rings is 1. The van der Waals surface area contributed by atoms with Crippen molar-refractivity contribution in [2.45, 2.75) is 37.2 Å². The minimum absolute atomic E-state index is 0.0599. The Bertz CT molecular complexity index is 1520. The van der Waals surface area contributed by atoms with E-state index in [1.54, 1.807) is 37.4 Å². The first-order valence-electron chi connectivity index (χ1n) is 11.5. The summed E-state index contributed by atoms with van der Waals surface area (Å²) in [5.41, 5.74) is 2.80. The Morgan fingerprint density at radius 2 is 1.86 bits per heavy atom. The summed E-state index contributed by atoms with van der Waals surface area (Å²) in [4.78, 5) is 24.6. The molecule has 0 saturated heterocycles. The summed E-state index contributed by atoms with van der Waals surface area (Å²) in [6, 6.07) is 15.5. The lowest BCUT2D eigenvalue weighted by molar-refractivity contribution is 0.0984. The van der Waals surface area contributed by atoms with E-state index in [1.807, 2.05) is 37.3 Å². The van der Waals surface area contributed by atoms with Gasteiger partial charge >= 0.3 is 0 Å². The van der Waals surface area contributed by atoms with Crippen molar-refractivity contribution < 1.29 is 17.9 Å². The molecule has 0 unspecified atom stereocenters. The van der Waals surface area contributed by atoms with Crippen LogP contribution in [0.4, 0.5) is 5.13 Å². The Hall–Kier alpha value is -3.34. The number of anilines is 1. The molecule has 10 heteroatoms. The molecule has 4 aromatic rings. The van der Waals surface area contributed by atoms with Gasteiger partial charge in [-0.15, -0.1) is 0 Å². The van der Waals surface area contributed by atoms with Crippen LogP contribution in [-0.2, 0) is 16.6 Å². The molecule has 1 saturated carbocycles. The molecule has 0 N–H and O–H groups in total. The third-order valence-corrected chi connectivity index (χ3v) is 9.41. The van der Waals surface area contributed by atoms with Crippen molar-refractivity contribution in [2.24, 2.45) is 0 Å². The van der Waals surface area contributed by atoms with E-state index in [0.29, 0.717) is 27.7 Å². The summed E-state index contributed by atoms with van der Waals surface area (Å²) in [6.45, 7) is 2.21. The largest absolute Gasteiger partial charge is 0.494 e. The van der Waals surface area contributed by atoms with Gasteiger partial charge in [0.2, 0.25) is 10.0 Å². The van der Waals surface area contributed by atoms with E-state index in [0.717, 1.165) is 23.1 Å². The van der Waals surface area contributed by atoms with Gasteiger partial charge in [-0.1, -0.05) is 23.5 Å². The SMILES string of the molecule is COc1ccc(C)c2sc(N(Cc3ccccn3)C(=O)c3ccc(S(=O)(=O)N(C)C4CC4)cc3)nc12. The molecule has 0 atom stereocenters. The lowest BCUT2D eigenvalue weighted by Crippen LogP contribution is -2.31. The number of benzene rings is 2. The summed E-state index contributed by atoms with van der Waals surface area (Å²) >= 11 is 1.41. The molecule has 1 aliphatic rings. The van der Waals surface area contributed by atoms with Gasteiger partial charge in [-0.2, -0.15) is 4.31 Å². The highest BCUT2D eigenvalue weighted by Gasteiger charge is 2.35. The highest BCUT2D eigenvalue weighted by atomic mass is 32.2. The normalized spacial score (nSPS) is 13.8. The van der Waals surface area contributed by atoms with Crippen molar-refractivity contribution in [3.8, 4) is 5.75 Å². The summed E-state index contributed by atoms with van der Waals surface area (Å²) < 4.78 is 33.6. The van der Waals surface area contributed by atoms with E-state index >= 15 is 0 Å². The van der Waals surface area contributed by atoms with E-state index in [9.17, 15) is 13.2 Å². The molecule has 1 amide bonds. The summed E-state index contributed by atoms with van der Waals surface area (Å²) in [5.74, 6) is 0.341. The van der Waals surface area contributed by atoms with Crippen LogP contribution in [0.3, 0.4) is 0 Å². The van der Waals surface area contributed by atoms with Crippen molar-refractivity contribution in [1.82, 2.24) is 14.3 Å². The van der Waals surface area contributed by atoms with Crippen LogP contribution < -0.4 is 9.64 Å². The Balaban J connectivity index is 1.52. The zero-order valence-electron chi connectivity index (χ0n) is 20.2. The van der Waals surface area contributed by atoms with Crippen LogP contribution in [0.15, 0.2) is 65.7 Å². The highest BCUT2D eigenvalue weighted by Crippen LogP contribution is 2.37. The maximum absolute atomic E-state index is 13.8. The standard InChI is InChI=1S/C26H26N4O4S2/c1-17-7-14-22(34-3)23-24(17)35-26(28-23)30(16-19-6-4-5-15-27-19)25(31)18-8-12-21(13-9-18)36(32,33)29(2)20-10-11-20/h4-9,12-15,20H,10-11,16H2,1-3H3. The average Bonchev–Trinajstić information content (AvgIpc) is 3.65. The predicted molar refractivity (Wildman–Crippen MR) is 140 cm³/mol. The van der Waals surface area contributed by atoms with Gasteiger partial charge in [0.15, 0.2) is 5.13 Å². The Morgan fingerprint density at radius 3 is 2.50 bits per heavy atom. The fourth-order valence-electron chi connectivity index (χ4n) is 3.98. The second-order valence-electron chi connectivity index (χ2n) is 8.75. The number of carbonyl (C=O) groups excluding carboxylic acids is 1. The number of amides is 1. The number of fused-ring (bicyclic) bond motifs is 1. The number of aromatic nitrogens is 2. The van der Waals surface area contributed by atoms with E-state index in [4.69, 9.17) is 9.72 Å². The van der Waals surface area contributed by atoms with E-state index in [-0.39, 0.29) is 23.4 Å². The van der Waals surface area contributed by atoms with E-state index in [1.165, 1.54) is 27.8 Å². The van der Waals surface area contributed by atoms with Gasteiger partial charge in [-0.05, 0) is 67.8 Å². The first-order valence-corrected chi connectivity index (χ1v) is 13.8. The average molecular weight is 523 g/mol. The van der Waals surface area contributed by atoms with Gasteiger partial charge in [0.1, 0.15) is 11.3 Å². The predicted octanol–water partition coefficient (Wildman–Crippen LogP) is 4.64. The number of aryl methyl sites for hydroxylation is 1. The molecule has 0 aliphatic heterocycles. The van der Waals surface area contributed by atoms with Crippen LogP contribution in [0, 0.1) is 6.92 Å². The Kier molecular flexibility index (Phi) is 6.50. The number of ether oxygens (including phenoxy) is 1. The number of rotatable bonds is 8. The molecule has 2 heterocycles. The van der Waals surface area contributed by atoms with Crippen molar-refractivity contribution in [2.75, 3.05) is 19.1 Å². The van der Waals surface area contributed by atoms with Crippen LogP contribution >= 0.6 is 11.3 Å². The van der Waals surface area contributed by atoms with Crippen LogP contribution in [0.2, 0.25) is 0 Å². The van der Waals surface area contributed by atoms with Crippen LogP contribution in [-0.4, -0.2) is 48.8 Å². The number of hydrogen-bond acceptors (Lipinski definition) is 7. The summed E-state index contributed by atoms with van der Waals surface area (Å²) in [6.07, 6.45) is 3.43. The first-order chi connectivity index (χ1) is 17.3. The topological polar surface area (TPSA) is 92.7 Å². The van der Waals surface area contributed by atoms with Gasteiger partial charge in [-0.25, -0.2) is 13.4 Å². The van der Waals surface area contributed by atoms with Gasteiger partial charge in [0.25, 0.3) is 5.91 Å². The molecular weight excluding hydrogens is 496 g/mol. The van der Waals surface area contributed by atoms with Crippen molar-refractivity contribution >= 4 is 42.6 Å². The maximum Gasteiger partial charge on any atom is 0.260 e. The monoisotopic (exact) mass is 522 g/mol. The van der Waals surface area contributed by atoms with Crippen molar-refractivity contribution in [1.29, 1.82) is 0 Å². The molecule has 0 radical (unpaired) electrons. The van der Waals surface area contributed by atoms with Crippen molar-refractivity contribution in [3.63, 3.8) is 0 Å². The number of carbonyl (C=O) groups is 1. The van der Waals surface area contributed by atoms with Gasteiger partial charge < -0.3 is 4.74 Å². The Morgan fingerprint density at radius 1 is 1.11 bits per heavy atom. The fraction of sp³-hybridized carbons (Fsp3) is 0.269. The van der Waals surface area contributed by atoms with Gasteiger partial charge in [0, 0.05) is 24.8 Å². The molecule has 8 nitrogen and oxygen atoms in total. The number of sulfonamides is 1. The lowest BCUT2D eigenvalue weighted by Gasteiger charge is -2.20. The molecule has 0 bridgehead atoms. The second kappa shape index (κ2) is 9.61. The molecule has 186 valence electrons. The van der Waals surface area contributed by atoms with E-state index < -0.39 is 10.0 Å². The van der Waals surface area contributed by atoms with Crippen LogP contribution in [0.25, 0.3) is 10.2 Å². The third-order valence-electron chi connectivity index (χ3n) is 6.27. The van der Waals surface area contributed by atoms with Crippen LogP contribution in [0.1, 0.15) is 34.5 Å². The second-order valence-corrected chi connectivity index (χ2v) is 11.7. The number of pyridine rings is 1. The lowest BCUT2D eigenvalue weighted by atomic mass is 10.2. The van der Waals surface area contributed by atoms with Gasteiger partial charge in [-0.3, -0.25) is 14.7 Å². The molecule has 5 rings (SSSR count). The minimum atomic E-state index is -3.59.